The number of amides is 1. The van der Waals surface area contributed by atoms with E-state index in [-0.39, 0.29) is 53.8 Å². The number of hydrogen-bond donors (Lipinski definition) is 2. The van der Waals surface area contributed by atoms with E-state index in [9.17, 15) is 19.5 Å². The van der Waals surface area contributed by atoms with Crippen molar-refractivity contribution in [2.75, 3.05) is 13.2 Å². The summed E-state index contributed by atoms with van der Waals surface area (Å²) in [7, 11) is 0. The number of allylic oxidation sites excluding steroid dienone is 2. The molecule has 2 N–H and O–H groups in total. The van der Waals surface area contributed by atoms with Gasteiger partial charge in [-0.2, -0.15) is 0 Å². The van der Waals surface area contributed by atoms with Gasteiger partial charge < -0.3 is 15.2 Å². The van der Waals surface area contributed by atoms with Crippen molar-refractivity contribution in [3.8, 4) is 11.1 Å². The molecule has 37 heavy (non-hydrogen) atoms. The summed E-state index contributed by atoms with van der Waals surface area (Å²) in [6, 6.07) is 15.4. The van der Waals surface area contributed by atoms with E-state index in [2.05, 4.69) is 22.4 Å². The third kappa shape index (κ3) is 5.82. The number of Topliss-reactive ketones (excluding diaryl/α,β-unsaturated/α-hetero) is 2. The van der Waals surface area contributed by atoms with Gasteiger partial charge in [-0.25, -0.2) is 4.79 Å². The smallest absolute Gasteiger partial charge is 0.407 e. The van der Waals surface area contributed by atoms with Crippen LogP contribution in [-0.4, -0.2) is 47.7 Å². The molecule has 0 fully saturated rings. The van der Waals surface area contributed by atoms with Gasteiger partial charge in [-0.3, -0.25) is 14.6 Å². The Balaban J connectivity index is 1.35. The van der Waals surface area contributed by atoms with Gasteiger partial charge in [0, 0.05) is 31.0 Å². The topological polar surface area (TPSA) is 105 Å². The van der Waals surface area contributed by atoms with Crippen LogP contribution < -0.4 is 5.32 Å². The Morgan fingerprint density at radius 2 is 1.65 bits per heavy atom. The number of nitrogens with zero attached hydrogens (tertiary/aromatic N) is 1. The molecule has 2 aromatic carbocycles. The van der Waals surface area contributed by atoms with Crippen molar-refractivity contribution in [1.82, 2.24) is 5.32 Å². The first-order valence-corrected chi connectivity index (χ1v) is 12.7. The van der Waals surface area contributed by atoms with Crippen molar-refractivity contribution in [3.05, 3.63) is 71.0 Å². The molecule has 4 rings (SSSR count). The Bertz CT molecular complexity index is 1240. The van der Waals surface area contributed by atoms with Crippen LogP contribution in [0.1, 0.15) is 64.0 Å². The van der Waals surface area contributed by atoms with Gasteiger partial charge in [-0.15, -0.1) is 0 Å². The first-order valence-electron chi connectivity index (χ1n) is 12.7. The molecule has 0 unspecified atom stereocenters. The van der Waals surface area contributed by atoms with E-state index in [0.29, 0.717) is 18.6 Å². The fourth-order valence-corrected chi connectivity index (χ4v) is 5.30. The van der Waals surface area contributed by atoms with Crippen LogP contribution in [0.5, 0.6) is 0 Å². The SMILES string of the molecule is CC(=O)[C@H](CCN=C(C)C1=C(O)CC(C)(C)CC1=O)NC(=O)OCC1c2ccccc2-c2ccccc21. The van der Waals surface area contributed by atoms with Crippen molar-refractivity contribution in [2.45, 2.75) is 58.9 Å². The van der Waals surface area contributed by atoms with E-state index in [1.165, 1.54) is 6.92 Å². The molecule has 194 valence electrons. The van der Waals surface area contributed by atoms with Crippen LogP contribution in [0.3, 0.4) is 0 Å². The van der Waals surface area contributed by atoms with Crippen LogP contribution in [0.25, 0.3) is 11.1 Å². The number of carbonyl (C=O) groups excluding carboxylic acids is 3. The summed E-state index contributed by atoms with van der Waals surface area (Å²) >= 11 is 0. The number of ether oxygens (including phenoxy) is 1. The monoisotopic (exact) mass is 502 g/mol. The van der Waals surface area contributed by atoms with Crippen molar-refractivity contribution in [1.29, 1.82) is 0 Å². The lowest BCUT2D eigenvalue weighted by Crippen LogP contribution is -2.41. The standard InChI is InChI=1S/C30H34N2O5/c1-18(28-26(34)15-30(3,4)16-27(28)35)31-14-13-25(19(2)33)32-29(36)37-17-24-22-11-7-5-9-20(22)21-10-6-8-12-23(21)24/h5-12,24-25,34H,13-17H2,1-4H3,(H,32,36)/t25-/m0/s1. The summed E-state index contributed by atoms with van der Waals surface area (Å²) < 4.78 is 5.57. The average molecular weight is 503 g/mol. The lowest BCUT2D eigenvalue weighted by atomic mass is 9.76. The second-order valence-electron chi connectivity index (χ2n) is 10.7. The fourth-order valence-electron chi connectivity index (χ4n) is 5.30. The van der Waals surface area contributed by atoms with Crippen molar-refractivity contribution < 1.29 is 24.2 Å². The highest BCUT2D eigenvalue weighted by molar-refractivity contribution is 6.22. The number of aliphatic hydroxyl groups is 1. The highest BCUT2D eigenvalue weighted by Crippen LogP contribution is 2.44. The molecule has 2 aromatic rings. The predicted octanol–water partition coefficient (Wildman–Crippen LogP) is 5.53. The molecule has 0 bridgehead atoms. The Morgan fingerprint density at radius 1 is 1.05 bits per heavy atom. The number of hydrogen-bond acceptors (Lipinski definition) is 6. The number of aliphatic imine (C=N–C) groups is 1. The number of ketones is 2. The number of benzene rings is 2. The van der Waals surface area contributed by atoms with E-state index in [1.807, 2.05) is 50.2 Å². The van der Waals surface area contributed by atoms with E-state index < -0.39 is 12.1 Å². The van der Waals surface area contributed by atoms with Gasteiger partial charge in [0.05, 0.1) is 11.6 Å². The van der Waals surface area contributed by atoms with Gasteiger partial charge in [0.1, 0.15) is 12.4 Å². The second-order valence-corrected chi connectivity index (χ2v) is 10.7. The maximum atomic E-state index is 12.6. The van der Waals surface area contributed by atoms with Gasteiger partial charge in [0.15, 0.2) is 11.6 Å². The predicted molar refractivity (Wildman–Crippen MR) is 143 cm³/mol. The summed E-state index contributed by atoms with van der Waals surface area (Å²) in [5.74, 6) is -0.351. The molecule has 0 heterocycles. The summed E-state index contributed by atoms with van der Waals surface area (Å²) in [4.78, 5) is 41.8. The summed E-state index contributed by atoms with van der Waals surface area (Å²) in [5, 5.41) is 13.0. The third-order valence-corrected chi connectivity index (χ3v) is 7.11. The number of nitrogens with one attached hydrogen (secondary N) is 1. The van der Waals surface area contributed by atoms with Crippen LogP contribution in [0.15, 0.2) is 64.9 Å². The third-order valence-electron chi connectivity index (χ3n) is 7.11. The molecule has 0 saturated carbocycles. The number of rotatable bonds is 8. The van der Waals surface area contributed by atoms with Crippen molar-refractivity contribution in [3.63, 3.8) is 0 Å². The van der Waals surface area contributed by atoms with Crippen LogP contribution >= 0.6 is 0 Å². The molecule has 1 atom stereocenters. The van der Waals surface area contributed by atoms with E-state index >= 15 is 0 Å². The Kier molecular flexibility index (Phi) is 7.62. The minimum atomic E-state index is -0.768. The minimum absolute atomic E-state index is 0.0578. The lowest BCUT2D eigenvalue weighted by molar-refractivity contribution is -0.119. The maximum absolute atomic E-state index is 12.6. The van der Waals surface area contributed by atoms with Gasteiger partial charge >= 0.3 is 6.09 Å². The minimum Gasteiger partial charge on any atom is -0.511 e. The molecule has 1 amide bonds. The number of fused-ring (bicyclic) bond motifs is 3. The number of alkyl carbamates (subject to hydrolysis) is 1. The Morgan fingerprint density at radius 3 is 2.22 bits per heavy atom. The molecule has 7 heteroatoms. The zero-order chi connectivity index (χ0) is 26.7. The molecule has 0 aliphatic heterocycles. The quantitative estimate of drug-likeness (QED) is 0.462. The van der Waals surface area contributed by atoms with Gasteiger partial charge in [0.2, 0.25) is 0 Å². The van der Waals surface area contributed by atoms with Crippen LogP contribution in [-0.2, 0) is 14.3 Å². The molecule has 2 aliphatic carbocycles. The molecule has 0 aromatic heterocycles. The molecule has 7 nitrogen and oxygen atoms in total. The number of carbonyl (C=O) groups is 3. The zero-order valence-corrected chi connectivity index (χ0v) is 21.8. The van der Waals surface area contributed by atoms with E-state index in [4.69, 9.17) is 4.74 Å². The molecule has 0 saturated heterocycles. The van der Waals surface area contributed by atoms with Crippen LogP contribution in [0.2, 0.25) is 0 Å². The van der Waals surface area contributed by atoms with Crippen LogP contribution in [0, 0.1) is 5.41 Å². The summed E-state index contributed by atoms with van der Waals surface area (Å²) in [5.41, 5.74) is 4.94. The molecule has 0 radical (unpaired) electrons. The highest BCUT2D eigenvalue weighted by Gasteiger charge is 2.34. The normalized spacial score (nSPS) is 17.7. The van der Waals surface area contributed by atoms with E-state index in [0.717, 1.165) is 22.3 Å². The first kappa shape index (κ1) is 26.3. The van der Waals surface area contributed by atoms with E-state index in [1.54, 1.807) is 6.92 Å². The van der Waals surface area contributed by atoms with Crippen molar-refractivity contribution >= 4 is 23.4 Å². The van der Waals surface area contributed by atoms with Gasteiger partial charge in [0.25, 0.3) is 0 Å². The van der Waals surface area contributed by atoms with Crippen LogP contribution in [0.4, 0.5) is 4.79 Å². The lowest BCUT2D eigenvalue weighted by Gasteiger charge is -2.29. The molecular weight excluding hydrogens is 468 g/mol. The summed E-state index contributed by atoms with van der Waals surface area (Å²) in [6.45, 7) is 7.35. The maximum Gasteiger partial charge on any atom is 0.407 e. The molecule has 0 spiro atoms. The Hall–Kier alpha value is -3.74. The first-order chi connectivity index (χ1) is 17.6. The molecule has 2 aliphatic rings. The largest absolute Gasteiger partial charge is 0.511 e. The second kappa shape index (κ2) is 10.7. The highest BCUT2D eigenvalue weighted by atomic mass is 16.5. The Labute approximate surface area is 217 Å². The zero-order valence-electron chi connectivity index (χ0n) is 21.8. The van der Waals surface area contributed by atoms with Crippen molar-refractivity contribution in [2.24, 2.45) is 10.4 Å². The number of aliphatic hydroxyl groups excluding tert-OH is 1. The van der Waals surface area contributed by atoms with Gasteiger partial charge in [-0.1, -0.05) is 62.4 Å². The van der Waals surface area contributed by atoms with Gasteiger partial charge in [-0.05, 0) is 47.9 Å². The average Bonchev–Trinajstić information content (AvgIpc) is 3.14. The molecular formula is C30H34N2O5. The fraction of sp³-hybridized carbons (Fsp3) is 0.400. The summed E-state index contributed by atoms with van der Waals surface area (Å²) in [6.07, 6.45) is 0.358.